The summed E-state index contributed by atoms with van der Waals surface area (Å²) in [4.78, 5) is 5.20. The van der Waals surface area contributed by atoms with Crippen LogP contribution in [0.1, 0.15) is 32.1 Å². The highest BCUT2D eigenvalue weighted by molar-refractivity contribution is 5.85. The molecule has 1 unspecified atom stereocenters. The first kappa shape index (κ1) is 12.3. The average molecular weight is 219 g/mol. The third-order valence-electron chi connectivity index (χ3n) is 3.59. The van der Waals surface area contributed by atoms with E-state index in [4.69, 9.17) is 0 Å². The number of rotatable bonds is 2. The van der Waals surface area contributed by atoms with Gasteiger partial charge in [0.25, 0.3) is 0 Å². The molecule has 0 amide bonds. The van der Waals surface area contributed by atoms with Crippen LogP contribution in [0.4, 0.5) is 0 Å². The number of hydrogen-bond acceptors (Lipinski definition) is 2. The number of hydrogen-bond donors (Lipinski definition) is 0. The van der Waals surface area contributed by atoms with E-state index in [1.165, 1.54) is 58.3 Å². The van der Waals surface area contributed by atoms with Gasteiger partial charge in [0.15, 0.2) is 0 Å². The molecule has 3 heteroatoms. The molecule has 2 nitrogen and oxygen atoms in total. The fraction of sp³-hybridized carbons (Fsp3) is 1.00. The zero-order valence-corrected chi connectivity index (χ0v) is 10.1. The lowest BCUT2D eigenvalue weighted by Gasteiger charge is -2.31. The minimum absolute atomic E-state index is 0. The van der Waals surface area contributed by atoms with Crippen LogP contribution < -0.4 is 0 Å². The first-order chi connectivity index (χ1) is 6.36. The Balaban J connectivity index is 0.000000980. The normalized spacial score (nSPS) is 30.2. The van der Waals surface area contributed by atoms with Gasteiger partial charge in [-0.3, -0.25) is 0 Å². The molecule has 0 aromatic rings. The fourth-order valence-corrected chi connectivity index (χ4v) is 2.65. The van der Waals surface area contributed by atoms with Crippen molar-refractivity contribution in [2.75, 3.05) is 33.2 Å². The predicted octanol–water partition coefficient (Wildman–Crippen LogP) is 1.99. The molecule has 0 bridgehead atoms. The monoisotopic (exact) mass is 218 g/mol. The maximum absolute atomic E-state index is 2.66. The molecule has 2 aliphatic heterocycles. The van der Waals surface area contributed by atoms with Crippen LogP contribution in [-0.2, 0) is 0 Å². The Morgan fingerprint density at radius 2 is 1.71 bits per heavy atom. The van der Waals surface area contributed by atoms with E-state index >= 15 is 0 Å². The van der Waals surface area contributed by atoms with Gasteiger partial charge in [-0.25, -0.2) is 0 Å². The maximum atomic E-state index is 2.66. The molecule has 2 saturated heterocycles. The van der Waals surface area contributed by atoms with Crippen LogP contribution in [0.3, 0.4) is 0 Å². The zero-order chi connectivity index (χ0) is 9.10. The van der Waals surface area contributed by atoms with Crippen molar-refractivity contribution in [3.8, 4) is 0 Å². The van der Waals surface area contributed by atoms with Gasteiger partial charge < -0.3 is 9.80 Å². The zero-order valence-electron chi connectivity index (χ0n) is 9.24. The summed E-state index contributed by atoms with van der Waals surface area (Å²) < 4.78 is 0. The number of piperidine rings is 1. The van der Waals surface area contributed by atoms with Gasteiger partial charge in [-0.15, -0.1) is 12.4 Å². The molecule has 2 aliphatic rings. The highest BCUT2D eigenvalue weighted by Crippen LogP contribution is 2.18. The Labute approximate surface area is 94.0 Å². The molecule has 2 heterocycles. The number of likely N-dealkylation sites (tertiary alicyclic amines) is 2. The molecular formula is C11H23ClN2. The molecule has 0 aromatic carbocycles. The van der Waals surface area contributed by atoms with Crippen molar-refractivity contribution >= 4 is 12.4 Å². The molecule has 2 fully saturated rings. The fourth-order valence-electron chi connectivity index (χ4n) is 2.65. The molecule has 0 aliphatic carbocycles. The molecule has 0 radical (unpaired) electrons. The summed E-state index contributed by atoms with van der Waals surface area (Å²) in [6.07, 6.45) is 7.14. The van der Waals surface area contributed by atoms with Gasteiger partial charge in [0.05, 0.1) is 0 Å². The Morgan fingerprint density at radius 1 is 1.00 bits per heavy atom. The van der Waals surface area contributed by atoms with Gasteiger partial charge in [-0.2, -0.15) is 0 Å². The Hall–Kier alpha value is 0.210. The van der Waals surface area contributed by atoms with Crippen LogP contribution in [0.5, 0.6) is 0 Å². The van der Waals surface area contributed by atoms with Crippen LogP contribution in [0.25, 0.3) is 0 Å². The first-order valence-corrected chi connectivity index (χ1v) is 5.79. The summed E-state index contributed by atoms with van der Waals surface area (Å²) in [7, 11) is 2.28. The quantitative estimate of drug-likeness (QED) is 0.700. The number of nitrogens with zero attached hydrogens (tertiary/aromatic N) is 2. The topological polar surface area (TPSA) is 6.48 Å². The van der Waals surface area contributed by atoms with E-state index in [2.05, 4.69) is 16.8 Å². The van der Waals surface area contributed by atoms with Crippen molar-refractivity contribution < 1.29 is 0 Å². The second-order valence-corrected chi connectivity index (χ2v) is 4.64. The minimum atomic E-state index is 0. The summed E-state index contributed by atoms with van der Waals surface area (Å²) in [6, 6.07) is 0.859. The summed E-state index contributed by atoms with van der Waals surface area (Å²) in [5.41, 5.74) is 0. The molecule has 2 rings (SSSR count). The Bertz CT molecular complexity index is 157. The second kappa shape index (κ2) is 5.94. The van der Waals surface area contributed by atoms with Crippen molar-refractivity contribution in [2.24, 2.45) is 0 Å². The van der Waals surface area contributed by atoms with Gasteiger partial charge in [0.2, 0.25) is 0 Å². The van der Waals surface area contributed by atoms with E-state index in [9.17, 15) is 0 Å². The molecule has 14 heavy (non-hydrogen) atoms. The second-order valence-electron chi connectivity index (χ2n) is 4.64. The van der Waals surface area contributed by atoms with E-state index in [0.29, 0.717) is 0 Å². The minimum Gasteiger partial charge on any atom is -0.302 e. The predicted molar refractivity (Wildman–Crippen MR) is 63.2 cm³/mol. The summed E-state index contributed by atoms with van der Waals surface area (Å²) in [5, 5.41) is 0. The van der Waals surface area contributed by atoms with Crippen LogP contribution in [-0.4, -0.2) is 49.1 Å². The lowest BCUT2D eigenvalue weighted by molar-refractivity contribution is 0.169. The summed E-state index contributed by atoms with van der Waals surface area (Å²) >= 11 is 0. The van der Waals surface area contributed by atoms with Crippen LogP contribution in [0.15, 0.2) is 0 Å². The number of halogens is 1. The largest absolute Gasteiger partial charge is 0.302 e. The van der Waals surface area contributed by atoms with Crippen molar-refractivity contribution in [2.45, 2.75) is 38.1 Å². The third kappa shape index (κ3) is 3.11. The first-order valence-electron chi connectivity index (χ1n) is 5.79. The molecule has 0 aromatic heterocycles. The number of likely N-dealkylation sites (N-methyl/N-ethyl adjacent to an activating group) is 1. The lowest BCUT2D eigenvalue weighted by Crippen LogP contribution is -2.40. The highest BCUT2D eigenvalue weighted by atomic mass is 35.5. The molecule has 84 valence electrons. The molecular weight excluding hydrogens is 196 g/mol. The SMILES string of the molecule is CN1CCCC1CN1CCCCC1.Cl. The Kier molecular flexibility index (Phi) is 5.21. The third-order valence-corrected chi connectivity index (χ3v) is 3.59. The van der Waals surface area contributed by atoms with Crippen molar-refractivity contribution in [1.29, 1.82) is 0 Å². The van der Waals surface area contributed by atoms with Crippen LogP contribution >= 0.6 is 12.4 Å². The summed E-state index contributed by atoms with van der Waals surface area (Å²) in [5.74, 6) is 0. The Morgan fingerprint density at radius 3 is 2.29 bits per heavy atom. The van der Waals surface area contributed by atoms with Gasteiger partial charge in [-0.05, 0) is 52.4 Å². The van der Waals surface area contributed by atoms with Crippen LogP contribution in [0, 0.1) is 0 Å². The van der Waals surface area contributed by atoms with E-state index in [-0.39, 0.29) is 12.4 Å². The molecule has 0 saturated carbocycles. The standard InChI is InChI=1S/C11H22N2.ClH/c1-12-7-5-6-11(12)10-13-8-3-2-4-9-13;/h11H,2-10H2,1H3;1H. The van der Waals surface area contributed by atoms with Gasteiger partial charge >= 0.3 is 0 Å². The van der Waals surface area contributed by atoms with Gasteiger partial charge in [0, 0.05) is 12.6 Å². The average Bonchev–Trinajstić information content (AvgIpc) is 2.54. The van der Waals surface area contributed by atoms with E-state index in [1.54, 1.807) is 0 Å². The maximum Gasteiger partial charge on any atom is 0.0220 e. The van der Waals surface area contributed by atoms with Crippen molar-refractivity contribution in [3.63, 3.8) is 0 Å². The van der Waals surface area contributed by atoms with Crippen LogP contribution in [0.2, 0.25) is 0 Å². The molecule has 0 N–H and O–H groups in total. The van der Waals surface area contributed by atoms with Gasteiger partial charge in [0.1, 0.15) is 0 Å². The summed E-state index contributed by atoms with van der Waals surface area (Å²) in [6.45, 7) is 5.35. The van der Waals surface area contributed by atoms with Crippen molar-refractivity contribution in [3.05, 3.63) is 0 Å². The van der Waals surface area contributed by atoms with E-state index in [1.807, 2.05) is 0 Å². The molecule has 0 spiro atoms. The van der Waals surface area contributed by atoms with E-state index < -0.39 is 0 Å². The highest BCUT2D eigenvalue weighted by Gasteiger charge is 2.23. The van der Waals surface area contributed by atoms with E-state index in [0.717, 1.165) is 6.04 Å². The van der Waals surface area contributed by atoms with Crippen molar-refractivity contribution in [1.82, 2.24) is 9.80 Å². The smallest absolute Gasteiger partial charge is 0.0220 e. The molecule has 1 atom stereocenters. The lowest BCUT2D eigenvalue weighted by atomic mass is 10.1. The van der Waals surface area contributed by atoms with Gasteiger partial charge in [-0.1, -0.05) is 6.42 Å².